The molecule has 1 aromatic carbocycles. The van der Waals surface area contributed by atoms with E-state index < -0.39 is 5.91 Å². The van der Waals surface area contributed by atoms with E-state index in [2.05, 4.69) is 0 Å². The van der Waals surface area contributed by atoms with Gasteiger partial charge in [-0.25, -0.2) is 0 Å². The van der Waals surface area contributed by atoms with Crippen LogP contribution < -0.4 is 5.73 Å². The van der Waals surface area contributed by atoms with Crippen LogP contribution in [0.4, 0.5) is 0 Å². The number of rotatable bonds is 3. The number of benzene rings is 1. The molecule has 2 aliphatic rings. The third-order valence-electron chi connectivity index (χ3n) is 4.79. The van der Waals surface area contributed by atoms with Crippen molar-refractivity contribution in [3.8, 4) is 0 Å². The molecule has 0 saturated carbocycles. The van der Waals surface area contributed by atoms with Crippen molar-refractivity contribution in [3.63, 3.8) is 0 Å². The minimum atomic E-state index is -0.505. The van der Waals surface area contributed by atoms with Gasteiger partial charge in [-0.3, -0.25) is 9.59 Å². The zero-order valence-corrected chi connectivity index (χ0v) is 14.0. The molecule has 2 fully saturated rings. The van der Waals surface area contributed by atoms with Crippen LogP contribution in [0, 0.1) is 0 Å². The van der Waals surface area contributed by atoms with Gasteiger partial charge in [-0.2, -0.15) is 0 Å². The van der Waals surface area contributed by atoms with E-state index in [1.165, 1.54) is 0 Å². The molecule has 0 bridgehead atoms. The van der Waals surface area contributed by atoms with Crippen LogP contribution in [0.5, 0.6) is 0 Å². The van der Waals surface area contributed by atoms with Gasteiger partial charge in [0, 0.05) is 44.7 Å². The highest BCUT2D eigenvalue weighted by molar-refractivity contribution is 5.95. The van der Waals surface area contributed by atoms with Crippen molar-refractivity contribution in [2.24, 2.45) is 5.73 Å². The Kier molecular flexibility index (Phi) is 4.87. The Labute approximate surface area is 141 Å². The smallest absolute Gasteiger partial charge is 0.248 e. The van der Waals surface area contributed by atoms with Crippen LogP contribution in [0.2, 0.25) is 0 Å². The largest absolute Gasteiger partial charge is 0.381 e. The zero-order valence-electron chi connectivity index (χ0n) is 14.0. The number of amides is 2. The molecule has 6 heteroatoms. The fourth-order valence-corrected chi connectivity index (χ4v) is 3.62. The second-order valence-electron chi connectivity index (χ2n) is 6.70. The van der Waals surface area contributed by atoms with Crippen LogP contribution in [0.3, 0.4) is 0 Å². The number of hydrogen-bond acceptors (Lipinski definition) is 4. The number of morpholine rings is 1. The summed E-state index contributed by atoms with van der Waals surface area (Å²) >= 11 is 0. The fraction of sp³-hybridized carbons (Fsp3) is 0.556. The monoisotopic (exact) mass is 332 g/mol. The molecule has 1 aromatic rings. The molecule has 0 aromatic heterocycles. The average Bonchev–Trinajstić information content (AvgIpc) is 2.55. The number of nitrogens with zero attached hydrogens (tertiary/aromatic N) is 1. The Hall–Kier alpha value is -1.92. The molecule has 2 aliphatic heterocycles. The van der Waals surface area contributed by atoms with Crippen LogP contribution in [0.1, 0.15) is 35.7 Å². The van der Waals surface area contributed by atoms with E-state index in [1.807, 2.05) is 17.9 Å². The fourth-order valence-electron chi connectivity index (χ4n) is 3.62. The standard InChI is InChI=1S/C18H24N2O4/c1-13-11-20(12-18(24-13)6-8-23-9-7-18)16(21)10-14-4-2-3-5-15(14)17(19)22/h2-5,13H,6-12H2,1H3,(H2,19,22). The van der Waals surface area contributed by atoms with Gasteiger partial charge in [0.25, 0.3) is 0 Å². The molecule has 2 N–H and O–H groups in total. The summed E-state index contributed by atoms with van der Waals surface area (Å²) in [5, 5.41) is 0. The number of nitrogens with two attached hydrogens (primary N) is 1. The van der Waals surface area contributed by atoms with Crippen LogP contribution >= 0.6 is 0 Å². The van der Waals surface area contributed by atoms with E-state index in [0.29, 0.717) is 37.4 Å². The molecular formula is C18H24N2O4. The molecule has 3 rings (SSSR count). The van der Waals surface area contributed by atoms with Gasteiger partial charge in [0.15, 0.2) is 0 Å². The summed E-state index contributed by atoms with van der Waals surface area (Å²) in [7, 11) is 0. The summed E-state index contributed by atoms with van der Waals surface area (Å²) in [6.45, 7) is 4.48. The summed E-state index contributed by atoms with van der Waals surface area (Å²) in [6.07, 6.45) is 1.78. The quantitative estimate of drug-likeness (QED) is 0.899. The molecule has 0 aliphatic carbocycles. The molecule has 1 spiro atoms. The second kappa shape index (κ2) is 6.91. The third kappa shape index (κ3) is 3.60. The highest BCUT2D eigenvalue weighted by Gasteiger charge is 2.42. The van der Waals surface area contributed by atoms with Gasteiger partial charge in [-0.15, -0.1) is 0 Å². The van der Waals surface area contributed by atoms with E-state index in [9.17, 15) is 9.59 Å². The van der Waals surface area contributed by atoms with Gasteiger partial charge in [0.05, 0.1) is 18.1 Å². The van der Waals surface area contributed by atoms with Gasteiger partial charge in [0.1, 0.15) is 0 Å². The average molecular weight is 332 g/mol. The summed E-state index contributed by atoms with van der Waals surface area (Å²) in [5.41, 5.74) is 6.19. The van der Waals surface area contributed by atoms with Crippen molar-refractivity contribution in [2.75, 3.05) is 26.3 Å². The maximum absolute atomic E-state index is 12.8. The van der Waals surface area contributed by atoms with Crippen LogP contribution in [-0.2, 0) is 20.7 Å². The summed E-state index contributed by atoms with van der Waals surface area (Å²) in [6, 6.07) is 7.01. The maximum atomic E-state index is 12.8. The van der Waals surface area contributed by atoms with Crippen LogP contribution in [-0.4, -0.2) is 54.7 Å². The SMILES string of the molecule is CC1CN(C(=O)Cc2ccccc2C(N)=O)CC2(CCOCC2)O1. The molecule has 130 valence electrons. The predicted molar refractivity (Wildman–Crippen MR) is 88.6 cm³/mol. The first kappa shape index (κ1) is 16.9. The van der Waals surface area contributed by atoms with E-state index >= 15 is 0 Å². The van der Waals surface area contributed by atoms with Gasteiger partial charge >= 0.3 is 0 Å². The van der Waals surface area contributed by atoms with Crippen molar-refractivity contribution in [3.05, 3.63) is 35.4 Å². The van der Waals surface area contributed by atoms with Gasteiger partial charge in [-0.1, -0.05) is 18.2 Å². The Morgan fingerprint density at radius 2 is 2.00 bits per heavy atom. The topological polar surface area (TPSA) is 81.9 Å². The Bertz CT molecular complexity index is 625. The molecule has 1 unspecified atom stereocenters. The first-order chi connectivity index (χ1) is 11.5. The lowest BCUT2D eigenvalue weighted by Crippen LogP contribution is -2.58. The summed E-state index contributed by atoms with van der Waals surface area (Å²) in [5.74, 6) is -0.501. The maximum Gasteiger partial charge on any atom is 0.248 e. The molecule has 6 nitrogen and oxygen atoms in total. The Balaban J connectivity index is 1.74. The molecule has 1 atom stereocenters. The lowest BCUT2D eigenvalue weighted by molar-refractivity contribution is -0.189. The van der Waals surface area contributed by atoms with E-state index in [4.69, 9.17) is 15.2 Å². The normalized spacial score (nSPS) is 23.2. The molecule has 2 amide bonds. The lowest BCUT2D eigenvalue weighted by Gasteiger charge is -2.47. The molecule has 0 radical (unpaired) electrons. The second-order valence-corrected chi connectivity index (χ2v) is 6.70. The first-order valence-electron chi connectivity index (χ1n) is 8.40. The van der Waals surface area contributed by atoms with E-state index in [0.717, 1.165) is 12.8 Å². The predicted octanol–water partition coefficient (Wildman–Crippen LogP) is 1.12. The Morgan fingerprint density at radius 1 is 1.29 bits per heavy atom. The number of hydrogen-bond donors (Lipinski definition) is 1. The zero-order chi connectivity index (χ0) is 17.2. The van der Waals surface area contributed by atoms with Crippen molar-refractivity contribution in [1.82, 2.24) is 4.90 Å². The first-order valence-corrected chi connectivity index (χ1v) is 8.40. The van der Waals surface area contributed by atoms with Crippen LogP contribution in [0.15, 0.2) is 24.3 Å². The van der Waals surface area contributed by atoms with Crippen molar-refractivity contribution >= 4 is 11.8 Å². The van der Waals surface area contributed by atoms with Gasteiger partial charge in [0.2, 0.25) is 11.8 Å². The Morgan fingerprint density at radius 3 is 2.71 bits per heavy atom. The third-order valence-corrected chi connectivity index (χ3v) is 4.79. The molecule has 2 heterocycles. The highest BCUT2D eigenvalue weighted by atomic mass is 16.5. The van der Waals surface area contributed by atoms with Gasteiger partial charge < -0.3 is 20.1 Å². The number of carbonyl (C=O) groups excluding carboxylic acids is 2. The molecule has 2 saturated heterocycles. The van der Waals surface area contributed by atoms with Crippen molar-refractivity contribution < 1.29 is 19.1 Å². The number of carbonyl (C=O) groups is 2. The summed E-state index contributed by atoms with van der Waals surface area (Å²) in [4.78, 5) is 26.2. The van der Waals surface area contributed by atoms with E-state index in [-0.39, 0.29) is 24.0 Å². The van der Waals surface area contributed by atoms with E-state index in [1.54, 1.807) is 18.2 Å². The van der Waals surface area contributed by atoms with Crippen molar-refractivity contribution in [2.45, 2.75) is 37.9 Å². The van der Waals surface area contributed by atoms with Crippen LogP contribution in [0.25, 0.3) is 0 Å². The molecule has 24 heavy (non-hydrogen) atoms. The molecular weight excluding hydrogens is 308 g/mol. The number of primary amides is 1. The van der Waals surface area contributed by atoms with Crippen molar-refractivity contribution in [1.29, 1.82) is 0 Å². The minimum absolute atomic E-state index is 0.00437. The lowest BCUT2D eigenvalue weighted by atomic mass is 9.91. The number of ether oxygens (including phenoxy) is 2. The van der Waals surface area contributed by atoms with Gasteiger partial charge in [-0.05, 0) is 18.6 Å². The summed E-state index contributed by atoms with van der Waals surface area (Å²) < 4.78 is 11.6. The highest BCUT2D eigenvalue weighted by Crippen LogP contribution is 2.31. The minimum Gasteiger partial charge on any atom is -0.381 e.